The van der Waals surface area contributed by atoms with Crippen LogP contribution < -0.4 is 5.32 Å². The lowest BCUT2D eigenvalue weighted by atomic mass is 9.98. The number of nitrogens with one attached hydrogen (secondary N) is 1. The van der Waals surface area contributed by atoms with Gasteiger partial charge in [0.2, 0.25) is 0 Å². The van der Waals surface area contributed by atoms with Crippen molar-refractivity contribution in [3.63, 3.8) is 0 Å². The van der Waals surface area contributed by atoms with Crippen molar-refractivity contribution < 1.29 is 14.3 Å². The molecule has 1 rings (SSSR count). The van der Waals surface area contributed by atoms with Gasteiger partial charge in [0.15, 0.2) is 0 Å². The van der Waals surface area contributed by atoms with Crippen LogP contribution in [0.5, 0.6) is 0 Å². The first kappa shape index (κ1) is 13.5. The van der Waals surface area contributed by atoms with E-state index < -0.39 is 0 Å². The number of ether oxygens (including phenoxy) is 2. The molecule has 1 heterocycles. The third-order valence-electron chi connectivity index (χ3n) is 2.72. The van der Waals surface area contributed by atoms with Crippen molar-refractivity contribution in [3.05, 3.63) is 0 Å². The van der Waals surface area contributed by atoms with Gasteiger partial charge in [-0.1, -0.05) is 13.8 Å². The molecule has 1 fully saturated rings. The molecule has 0 saturated carbocycles. The van der Waals surface area contributed by atoms with E-state index in [9.17, 15) is 4.79 Å². The lowest BCUT2D eigenvalue weighted by Gasteiger charge is -2.22. The Morgan fingerprint density at radius 2 is 2.31 bits per heavy atom. The van der Waals surface area contributed by atoms with Crippen LogP contribution in [0.1, 0.15) is 27.2 Å². The van der Waals surface area contributed by atoms with Gasteiger partial charge in [-0.3, -0.25) is 4.79 Å². The summed E-state index contributed by atoms with van der Waals surface area (Å²) in [5.74, 6) is 0.649. The van der Waals surface area contributed by atoms with E-state index in [1.54, 1.807) is 0 Å². The highest BCUT2D eigenvalue weighted by molar-refractivity contribution is 5.76. The molecule has 16 heavy (non-hydrogen) atoms. The zero-order valence-electron chi connectivity index (χ0n) is 10.5. The summed E-state index contributed by atoms with van der Waals surface area (Å²) >= 11 is 0. The molecular formula is C12H23NO3. The molecule has 0 bridgehead atoms. The average Bonchev–Trinajstić information content (AvgIpc) is 2.71. The van der Waals surface area contributed by atoms with Crippen molar-refractivity contribution in [2.24, 2.45) is 11.8 Å². The highest BCUT2D eigenvalue weighted by atomic mass is 16.5. The second-order valence-electron chi connectivity index (χ2n) is 4.66. The summed E-state index contributed by atoms with van der Waals surface area (Å²) in [6.07, 6.45) is 0.939. The van der Waals surface area contributed by atoms with Gasteiger partial charge in [-0.05, 0) is 25.8 Å². The van der Waals surface area contributed by atoms with Crippen molar-refractivity contribution in [2.45, 2.75) is 33.2 Å². The van der Waals surface area contributed by atoms with Crippen LogP contribution in [0.4, 0.5) is 0 Å². The normalized spacial score (nSPS) is 22.4. The topological polar surface area (TPSA) is 47.6 Å². The van der Waals surface area contributed by atoms with Crippen LogP contribution in [0.15, 0.2) is 0 Å². The zero-order valence-corrected chi connectivity index (χ0v) is 10.5. The van der Waals surface area contributed by atoms with E-state index in [4.69, 9.17) is 9.47 Å². The second-order valence-corrected chi connectivity index (χ2v) is 4.66. The van der Waals surface area contributed by atoms with E-state index in [-0.39, 0.29) is 17.9 Å². The molecule has 0 radical (unpaired) electrons. The third-order valence-corrected chi connectivity index (χ3v) is 2.72. The minimum atomic E-state index is -0.204. The molecule has 0 spiro atoms. The van der Waals surface area contributed by atoms with Crippen molar-refractivity contribution in [3.8, 4) is 0 Å². The van der Waals surface area contributed by atoms with Crippen LogP contribution >= 0.6 is 0 Å². The molecule has 4 nitrogen and oxygen atoms in total. The highest BCUT2D eigenvalue weighted by Crippen LogP contribution is 2.18. The number of hydrogen-bond donors (Lipinski definition) is 1. The van der Waals surface area contributed by atoms with Crippen LogP contribution in [0.2, 0.25) is 0 Å². The molecule has 94 valence electrons. The monoisotopic (exact) mass is 229 g/mol. The number of hydrogen-bond acceptors (Lipinski definition) is 4. The minimum Gasteiger partial charge on any atom is -0.465 e. The van der Waals surface area contributed by atoms with E-state index in [1.165, 1.54) is 0 Å². The first-order chi connectivity index (χ1) is 7.65. The summed E-state index contributed by atoms with van der Waals surface area (Å²) in [7, 11) is 0. The van der Waals surface area contributed by atoms with Gasteiger partial charge < -0.3 is 14.8 Å². The fraction of sp³-hybridized carbons (Fsp3) is 0.917. The maximum absolute atomic E-state index is 11.8. The van der Waals surface area contributed by atoms with E-state index in [0.29, 0.717) is 19.1 Å². The number of carbonyl (C=O) groups is 1. The fourth-order valence-electron chi connectivity index (χ4n) is 1.85. The van der Waals surface area contributed by atoms with Gasteiger partial charge in [-0.25, -0.2) is 0 Å². The first-order valence-corrected chi connectivity index (χ1v) is 6.13. The Bertz CT molecular complexity index is 212. The average molecular weight is 229 g/mol. The van der Waals surface area contributed by atoms with Gasteiger partial charge in [-0.2, -0.15) is 0 Å². The lowest BCUT2D eigenvalue weighted by Crippen LogP contribution is -2.45. The van der Waals surface area contributed by atoms with Crippen molar-refractivity contribution in [1.82, 2.24) is 5.32 Å². The quantitative estimate of drug-likeness (QED) is 0.695. The first-order valence-electron chi connectivity index (χ1n) is 6.13. The standard InChI is InChI=1S/C12H23NO3/c1-4-16-12(14)11(13-7-9(2)3)10-5-6-15-8-10/h9-11,13H,4-8H2,1-3H3. The predicted octanol–water partition coefficient (Wildman–Crippen LogP) is 1.20. The zero-order chi connectivity index (χ0) is 12.0. The fourth-order valence-corrected chi connectivity index (χ4v) is 1.85. The lowest BCUT2D eigenvalue weighted by molar-refractivity contribution is -0.147. The van der Waals surface area contributed by atoms with Crippen molar-refractivity contribution in [2.75, 3.05) is 26.4 Å². The molecule has 0 aliphatic carbocycles. The predicted molar refractivity (Wildman–Crippen MR) is 62.2 cm³/mol. The molecule has 1 aliphatic rings. The molecule has 2 unspecified atom stereocenters. The molecule has 4 heteroatoms. The number of rotatable bonds is 6. The molecule has 1 N–H and O–H groups in total. The summed E-state index contributed by atoms with van der Waals surface area (Å²) in [4.78, 5) is 11.8. The van der Waals surface area contributed by atoms with Gasteiger partial charge in [-0.15, -0.1) is 0 Å². The Kier molecular flexibility index (Phi) is 5.77. The third kappa shape index (κ3) is 4.10. The molecular weight excluding hydrogens is 206 g/mol. The Hall–Kier alpha value is -0.610. The van der Waals surface area contributed by atoms with Crippen LogP contribution in [-0.4, -0.2) is 38.4 Å². The van der Waals surface area contributed by atoms with Crippen LogP contribution in [0, 0.1) is 11.8 Å². The Morgan fingerprint density at radius 1 is 1.56 bits per heavy atom. The van der Waals surface area contributed by atoms with E-state index in [2.05, 4.69) is 19.2 Å². The van der Waals surface area contributed by atoms with Gasteiger partial charge in [0, 0.05) is 12.5 Å². The van der Waals surface area contributed by atoms with E-state index in [1.807, 2.05) is 6.92 Å². The Labute approximate surface area is 97.7 Å². The van der Waals surface area contributed by atoms with Gasteiger partial charge in [0.25, 0.3) is 0 Å². The highest BCUT2D eigenvalue weighted by Gasteiger charge is 2.32. The second kappa shape index (κ2) is 6.86. The van der Waals surface area contributed by atoms with Gasteiger partial charge in [0.05, 0.1) is 13.2 Å². The summed E-state index contributed by atoms with van der Waals surface area (Å²) in [6.45, 7) is 8.77. The van der Waals surface area contributed by atoms with E-state index >= 15 is 0 Å². The van der Waals surface area contributed by atoms with Crippen LogP contribution in [0.25, 0.3) is 0 Å². The summed E-state index contributed by atoms with van der Waals surface area (Å²) < 4.78 is 10.4. The van der Waals surface area contributed by atoms with Crippen molar-refractivity contribution in [1.29, 1.82) is 0 Å². The van der Waals surface area contributed by atoms with Crippen LogP contribution in [-0.2, 0) is 14.3 Å². The summed E-state index contributed by atoms with van der Waals surface area (Å²) in [6, 6.07) is -0.204. The molecule has 0 aromatic carbocycles. The van der Waals surface area contributed by atoms with Gasteiger partial charge in [0.1, 0.15) is 6.04 Å². The minimum absolute atomic E-state index is 0.140. The Balaban J connectivity index is 2.49. The summed E-state index contributed by atoms with van der Waals surface area (Å²) in [5, 5.41) is 3.29. The molecule has 1 aliphatic heterocycles. The maximum atomic E-state index is 11.8. The van der Waals surface area contributed by atoms with Crippen LogP contribution in [0.3, 0.4) is 0 Å². The smallest absolute Gasteiger partial charge is 0.323 e. The van der Waals surface area contributed by atoms with E-state index in [0.717, 1.165) is 19.6 Å². The molecule has 0 aromatic rings. The SMILES string of the molecule is CCOC(=O)C(NCC(C)C)C1CCOC1. The maximum Gasteiger partial charge on any atom is 0.323 e. The Morgan fingerprint density at radius 3 is 2.81 bits per heavy atom. The largest absolute Gasteiger partial charge is 0.465 e. The summed E-state index contributed by atoms with van der Waals surface area (Å²) in [5.41, 5.74) is 0. The molecule has 0 amide bonds. The molecule has 1 saturated heterocycles. The van der Waals surface area contributed by atoms with Crippen molar-refractivity contribution >= 4 is 5.97 Å². The molecule has 0 aromatic heterocycles. The number of carbonyl (C=O) groups excluding carboxylic acids is 1. The van der Waals surface area contributed by atoms with Gasteiger partial charge >= 0.3 is 5.97 Å². The number of esters is 1. The molecule has 2 atom stereocenters.